The molecule has 148 valence electrons. The van der Waals surface area contributed by atoms with E-state index in [1.54, 1.807) is 18.3 Å². The van der Waals surface area contributed by atoms with Crippen molar-refractivity contribution >= 4 is 33.5 Å². The first-order valence-corrected chi connectivity index (χ1v) is 10.0. The van der Waals surface area contributed by atoms with Gasteiger partial charge in [-0.05, 0) is 44.2 Å². The highest BCUT2D eigenvalue weighted by atomic mass is 32.1. The van der Waals surface area contributed by atoms with Gasteiger partial charge in [-0.15, -0.1) is 11.3 Å². The number of thiophene rings is 1. The summed E-state index contributed by atoms with van der Waals surface area (Å²) in [6.45, 7) is 1.71. The van der Waals surface area contributed by atoms with Crippen LogP contribution in [0.5, 0.6) is 11.5 Å². The van der Waals surface area contributed by atoms with Crippen LogP contribution >= 0.6 is 11.3 Å². The number of nitro benzene ring substituents is 1. The van der Waals surface area contributed by atoms with Crippen LogP contribution in [0.25, 0.3) is 10.2 Å². The number of aromatic nitrogens is 2. The number of fused-ring (bicyclic) bond motifs is 4. The Morgan fingerprint density at radius 1 is 1.28 bits per heavy atom. The van der Waals surface area contributed by atoms with E-state index in [0.717, 1.165) is 36.1 Å². The molecule has 9 nitrogen and oxygen atoms in total. The molecule has 1 aliphatic carbocycles. The Balaban J connectivity index is 1.63. The van der Waals surface area contributed by atoms with Crippen molar-refractivity contribution in [1.82, 2.24) is 9.66 Å². The number of hydrogen-bond acceptors (Lipinski definition) is 8. The molecule has 2 aliphatic rings. The molecular weight excluding hydrogens is 396 g/mol. The molecule has 3 aromatic rings. The van der Waals surface area contributed by atoms with Gasteiger partial charge >= 0.3 is 0 Å². The van der Waals surface area contributed by atoms with Crippen LogP contribution in [0.2, 0.25) is 0 Å². The normalized spacial score (nSPS) is 15.2. The number of nitro groups is 1. The molecular formula is C19H16N4O5S. The molecule has 0 saturated carbocycles. The van der Waals surface area contributed by atoms with Gasteiger partial charge in [-0.1, -0.05) is 0 Å². The van der Waals surface area contributed by atoms with Gasteiger partial charge in [0.2, 0.25) is 6.79 Å². The summed E-state index contributed by atoms with van der Waals surface area (Å²) in [5.74, 6) is 1.15. The second-order valence-electron chi connectivity index (χ2n) is 6.93. The Morgan fingerprint density at radius 3 is 2.83 bits per heavy atom. The van der Waals surface area contributed by atoms with Crippen molar-refractivity contribution in [2.45, 2.75) is 32.6 Å². The second-order valence-corrected chi connectivity index (χ2v) is 8.02. The first-order chi connectivity index (χ1) is 14.0. The lowest BCUT2D eigenvalue weighted by Crippen LogP contribution is -2.21. The Labute approximate surface area is 168 Å². The van der Waals surface area contributed by atoms with E-state index >= 15 is 0 Å². The van der Waals surface area contributed by atoms with Crippen molar-refractivity contribution in [2.75, 3.05) is 6.79 Å². The van der Waals surface area contributed by atoms with Gasteiger partial charge in [-0.2, -0.15) is 9.78 Å². The minimum atomic E-state index is -0.518. The third-order valence-corrected chi connectivity index (χ3v) is 6.35. The third-order valence-electron chi connectivity index (χ3n) is 5.16. The van der Waals surface area contributed by atoms with Gasteiger partial charge in [0.15, 0.2) is 11.5 Å². The highest BCUT2D eigenvalue weighted by Crippen LogP contribution is 2.37. The van der Waals surface area contributed by atoms with Crippen LogP contribution in [0.15, 0.2) is 22.0 Å². The predicted molar refractivity (Wildman–Crippen MR) is 107 cm³/mol. The molecule has 0 spiro atoms. The molecule has 3 heterocycles. The van der Waals surface area contributed by atoms with E-state index in [9.17, 15) is 14.9 Å². The van der Waals surface area contributed by atoms with Gasteiger partial charge in [0.25, 0.3) is 11.2 Å². The predicted octanol–water partition coefficient (Wildman–Crippen LogP) is 3.16. The molecule has 10 heteroatoms. The number of rotatable bonds is 3. The summed E-state index contributed by atoms with van der Waals surface area (Å²) < 4.78 is 11.7. The van der Waals surface area contributed by atoms with Gasteiger partial charge in [0, 0.05) is 4.88 Å². The van der Waals surface area contributed by atoms with E-state index < -0.39 is 4.92 Å². The Hall–Kier alpha value is -3.27. The first-order valence-electron chi connectivity index (χ1n) is 9.19. The van der Waals surface area contributed by atoms with Crippen LogP contribution in [0, 0.1) is 17.0 Å². The standard InChI is InChI=1S/C19H16N4O5S/c1-10-21-18-17(12-4-2-3-5-16(12)29-18)19(24)22(10)20-8-11-6-14-15(28-9-27-14)7-13(11)23(25)26/h6-8H,2-5,9H2,1H3/b20-8+. The van der Waals surface area contributed by atoms with Gasteiger partial charge in [-0.3, -0.25) is 14.9 Å². The summed E-state index contributed by atoms with van der Waals surface area (Å²) in [6, 6.07) is 2.79. The van der Waals surface area contributed by atoms with E-state index in [0.29, 0.717) is 22.7 Å². The van der Waals surface area contributed by atoms with E-state index in [4.69, 9.17) is 9.47 Å². The van der Waals surface area contributed by atoms with Crippen molar-refractivity contribution in [3.8, 4) is 11.5 Å². The van der Waals surface area contributed by atoms with E-state index in [1.807, 2.05) is 0 Å². The Morgan fingerprint density at radius 2 is 2.03 bits per heavy atom. The Bertz CT molecular complexity index is 1260. The highest BCUT2D eigenvalue weighted by Gasteiger charge is 2.23. The number of ether oxygens (including phenoxy) is 2. The average Bonchev–Trinajstić information content (AvgIpc) is 3.30. The number of hydrogen-bond donors (Lipinski definition) is 0. The summed E-state index contributed by atoms with van der Waals surface area (Å²) in [6.07, 6.45) is 5.31. The van der Waals surface area contributed by atoms with E-state index in [-0.39, 0.29) is 23.6 Å². The molecule has 1 aliphatic heterocycles. The van der Waals surface area contributed by atoms with Crippen molar-refractivity contribution in [2.24, 2.45) is 5.10 Å². The van der Waals surface area contributed by atoms with Crippen LogP contribution in [-0.2, 0) is 12.8 Å². The van der Waals surface area contributed by atoms with Crippen molar-refractivity contribution in [1.29, 1.82) is 0 Å². The van der Waals surface area contributed by atoms with Crippen molar-refractivity contribution in [3.63, 3.8) is 0 Å². The largest absolute Gasteiger partial charge is 0.454 e. The van der Waals surface area contributed by atoms with Crippen molar-refractivity contribution in [3.05, 3.63) is 54.4 Å². The minimum Gasteiger partial charge on any atom is -0.454 e. The van der Waals surface area contributed by atoms with E-state index in [2.05, 4.69) is 10.1 Å². The van der Waals surface area contributed by atoms with Crippen LogP contribution < -0.4 is 15.0 Å². The zero-order valence-electron chi connectivity index (χ0n) is 15.5. The average molecular weight is 412 g/mol. The summed E-state index contributed by atoms with van der Waals surface area (Å²) in [7, 11) is 0. The summed E-state index contributed by atoms with van der Waals surface area (Å²) in [5.41, 5.74) is 0.877. The van der Waals surface area contributed by atoms with Gasteiger partial charge in [0.1, 0.15) is 10.7 Å². The zero-order valence-corrected chi connectivity index (χ0v) is 16.3. The summed E-state index contributed by atoms with van der Waals surface area (Å²) in [4.78, 5) is 30.6. The maximum atomic E-state index is 13.1. The van der Waals surface area contributed by atoms with Crippen LogP contribution in [-0.4, -0.2) is 27.6 Å². The van der Waals surface area contributed by atoms with Gasteiger partial charge < -0.3 is 9.47 Å². The first kappa shape index (κ1) is 17.8. The molecule has 0 fully saturated rings. The monoisotopic (exact) mass is 412 g/mol. The maximum absolute atomic E-state index is 13.1. The molecule has 0 radical (unpaired) electrons. The van der Waals surface area contributed by atoms with Crippen LogP contribution in [0.4, 0.5) is 5.69 Å². The fraction of sp³-hybridized carbons (Fsp3) is 0.316. The Kier molecular flexibility index (Phi) is 4.09. The number of benzene rings is 1. The zero-order chi connectivity index (χ0) is 20.1. The summed E-state index contributed by atoms with van der Waals surface area (Å²) >= 11 is 1.58. The third kappa shape index (κ3) is 2.87. The van der Waals surface area contributed by atoms with Crippen LogP contribution in [0.1, 0.15) is 34.7 Å². The molecule has 0 unspecified atom stereocenters. The van der Waals surface area contributed by atoms with Gasteiger partial charge in [-0.25, -0.2) is 4.98 Å². The topological polar surface area (TPSA) is 109 Å². The SMILES string of the molecule is Cc1nc2sc3c(c2c(=O)n1/N=C/c1cc2c(cc1[N+](=O)[O-])OCO2)CCCC3. The molecule has 0 amide bonds. The molecule has 5 rings (SSSR count). The molecule has 1 aromatic carbocycles. The number of aryl methyl sites for hydroxylation is 3. The molecule has 0 N–H and O–H groups in total. The molecule has 29 heavy (non-hydrogen) atoms. The lowest BCUT2D eigenvalue weighted by molar-refractivity contribution is -0.385. The highest BCUT2D eigenvalue weighted by molar-refractivity contribution is 7.18. The maximum Gasteiger partial charge on any atom is 0.283 e. The molecule has 2 aromatic heterocycles. The van der Waals surface area contributed by atoms with Crippen molar-refractivity contribution < 1.29 is 14.4 Å². The van der Waals surface area contributed by atoms with E-state index in [1.165, 1.54) is 27.9 Å². The summed E-state index contributed by atoms with van der Waals surface area (Å²) in [5, 5.41) is 16.3. The van der Waals surface area contributed by atoms with Gasteiger partial charge in [0.05, 0.1) is 28.2 Å². The number of nitrogens with zero attached hydrogens (tertiary/aromatic N) is 4. The fourth-order valence-electron chi connectivity index (χ4n) is 3.76. The quantitative estimate of drug-likeness (QED) is 0.371. The fourth-order valence-corrected chi connectivity index (χ4v) is 5.06. The lowest BCUT2D eigenvalue weighted by atomic mass is 9.97. The minimum absolute atomic E-state index is 0.00943. The molecule has 0 saturated heterocycles. The van der Waals surface area contributed by atoms with Crippen LogP contribution in [0.3, 0.4) is 0 Å². The second kappa shape index (κ2) is 6.66. The smallest absolute Gasteiger partial charge is 0.283 e. The lowest BCUT2D eigenvalue weighted by Gasteiger charge is -2.10. The molecule has 0 bridgehead atoms. The molecule has 0 atom stereocenters.